The first-order valence-corrected chi connectivity index (χ1v) is 5.53. The molecule has 2 nitrogen and oxygen atoms in total. The maximum Gasteiger partial charge on any atom is 0.00900 e. The minimum atomic E-state index is 0.752. The molecule has 0 aliphatic carbocycles. The van der Waals surface area contributed by atoms with Crippen LogP contribution in [0, 0.1) is 11.8 Å². The molecule has 0 bridgehead atoms. The molecule has 1 aliphatic rings. The molecule has 1 rings (SSSR count). The van der Waals surface area contributed by atoms with Crippen molar-refractivity contribution in [3.8, 4) is 0 Å². The molecule has 13 heavy (non-hydrogen) atoms. The lowest BCUT2D eigenvalue weighted by atomic mass is 10.1. The third-order valence-electron chi connectivity index (χ3n) is 3.35. The maximum atomic E-state index is 3.27. The van der Waals surface area contributed by atoms with Gasteiger partial charge in [-0.2, -0.15) is 0 Å². The van der Waals surface area contributed by atoms with Crippen LogP contribution in [0.15, 0.2) is 0 Å². The fourth-order valence-corrected chi connectivity index (χ4v) is 2.11. The Morgan fingerprint density at radius 2 is 2.08 bits per heavy atom. The number of hydrogen-bond acceptors (Lipinski definition) is 2. The second-order valence-corrected chi connectivity index (χ2v) is 4.69. The summed E-state index contributed by atoms with van der Waals surface area (Å²) in [6.07, 6.45) is 1.37. The predicted octanol–water partition coefficient (Wildman–Crippen LogP) is 1.57. The number of hydrogen-bond donors (Lipinski definition) is 1. The van der Waals surface area contributed by atoms with Crippen LogP contribution in [0.25, 0.3) is 0 Å². The minimum absolute atomic E-state index is 0.752. The standard InChI is InChI=1S/C11H24N2/c1-9(2)10(3)13-6-5-11(8-13)7-12-4/h9-12H,5-8H2,1-4H3. The summed E-state index contributed by atoms with van der Waals surface area (Å²) >= 11 is 0. The van der Waals surface area contributed by atoms with Gasteiger partial charge in [-0.3, -0.25) is 0 Å². The molecule has 0 aromatic heterocycles. The molecular weight excluding hydrogens is 160 g/mol. The number of likely N-dealkylation sites (tertiary alicyclic amines) is 1. The quantitative estimate of drug-likeness (QED) is 0.713. The summed E-state index contributed by atoms with van der Waals surface area (Å²) in [6.45, 7) is 10.8. The van der Waals surface area contributed by atoms with Gasteiger partial charge in [-0.15, -0.1) is 0 Å². The topological polar surface area (TPSA) is 15.3 Å². The molecule has 1 N–H and O–H groups in total. The Labute approximate surface area is 82.7 Å². The van der Waals surface area contributed by atoms with E-state index < -0.39 is 0 Å². The van der Waals surface area contributed by atoms with E-state index in [4.69, 9.17) is 0 Å². The van der Waals surface area contributed by atoms with Gasteiger partial charge >= 0.3 is 0 Å². The third-order valence-corrected chi connectivity index (χ3v) is 3.35. The van der Waals surface area contributed by atoms with Crippen LogP contribution in [0.5, 0.6) is 0 Å². The lowest BCUT2D eigenvalue weighted by Crippen LogP contribution is -2.35. The van der Waals surface area contributed by atoms with Gasteiger partial charge in [0.25, 0.3) is 0 Å². The van der Waals surface area contributed by atoms with Crippen molar-refractivity contribution in [3.05, 3.63) is 0 Å². The monoisotopic (exact) mass is 184 g/mol. The van der Waals surface area contributed by atoms with E-state index in [2.05, 4.69) is 38.0 Å². The van der Waals surface area contributed by atoms with E-state index in [1.54, 1.807) is 0 Å². The highest BCUT2D eigenvalue weighted by Crippen LogP contribution is 2.21. The van der Waals surface area contributed by atoms with Crippen molar-refractivity contribution in [3.63, 3.8) is 0 Å². The van der Waals surface area contributed by atoms with Gasteiger partial charge in [-0.25, -0.2) is 0 Å². The first-order chi connectivity index (χ1) is 6.15. The lowest BCUT2D eigenvalue weighted by Gasteiger charge is -2.27. The molecular formula is C11H24N2. The molecule has 0 amide bonds. The Morgan fingerprint density at radius 3 is 2.62 bits per heavy atom. The second kappa shape index (κ2) is 4.97. The highest BCUT2D eigenvalue weighted by molar-refractivity contribution is 4.81. The molecule has 0 spiro atoms. The normalized spacial score (nSPS) is 27.0. The fraction of sp³-hybridized carbons (Fsp3) is 1.00. The smallest absolute Gasteiger partial charge is 0.00900 e. The van der Waals surface area contributed by atoms with Crippen LogP contribution in [0.1, 0.15) is 27.2 Å². The van der Waals surface area contributed by atoms with Gasteiger partial charge < -0.3 is 10.2 Å². The first kappa shape index (κ1) is 11.0. The molecule has 78 valence electrons. The van der Waals surface area contributed by atoms with Crippen LogP contribution in [0.4, 0.5) is 0 Å². The van der Waals surface area contributed by atoms with Gasteiger partial charge in [-0.05, 0) is 45.3 Å². The average molecular weight is 184 g/mol. The van der Waals surface area contributed by atoms with E-state index in [-0.39, 0.29) is 0 Å². The van der Waals surface area contributed by atoms with Gasteiger partial charge in [0.05, 0.1) is 0 Å². The number of rotatable bonds is 4. The van der Waals surface area contributed by atoms with Gasteiger partial charge in [-0.1, -0.05) is 13.8 Å². The average Bonchev–Trinajstić information content (AvgIpc) is 2.52. The molecule has 0 aromatic rings. The predicted molar refractivity (Wildman–Crippen MR) is 57.9 cm³/mol. The second-order valence-electron chi connectivity index (χ2n) is 4.69. The van der Waals surface area contributed by atoms with Crippen molar-refractivity contribution >= 4 is 0 Å². The summed E-state index contributed by atoms with van der Waals surface area (Å²) in [5, 5.41) is 3.27. The number of nitrogens with one attached hydrogen (secondary N) is 1. The Hall–Kier alpha value is -0.0800. The van der Waals surface area contributed by atoms with Gasteiger partial charge in [0.1, 0.15) is 0 Å². The largest absolute Gasteiger partial charge is 0.319 e. The van der Waals surface area contributed by atoms with E-state index in [0.29, 0.717) is 0 Å². The summed E-state index contributed by atoms with van der Waals surface area (Å²) in [5.41, 5.74) is 0. The SMILES string of the molecule is CNCC1CCN(C(C)C(C)C)C1. The Kier molecular flexibility index (Phi) is 4.20. The Morgan fingerprint density at radius 1 is 1.38 bits per heavy atom. The van der Waals surface area contributed by atoms with Crippen molar-refractivity contribution in [2.75, 3.05) is 26.7 Å². The summed E-state index contributed by atoms with van der Waals surface area (Å²) in [6, 6.07) is 0.752. The van der Waals surface area contributed by atoms with Crippen LogP contribution in [-0.4, -0.2) is 37.6 Å². The third kappa shape index (κ3) is 2.96. The van der Waals surface area contributed by atoms with E-state index in [1.807, 2.05) is 0 Å². The molecule has 1 heterocycles. The Balaban J connectivity index is 2.31. The van der Waals surface area contributed by atoms with Gasteiger partial charge in [0.15, 0.2) is 0 Å². The molecule has 2 heteroatoms. The molecule has 2 unspecified atom stereocenters. The zero-order valence-electron chi connectivity index (χ0n) is 9.51. The Bertz CT molecular complexity index is 145. The molecule has 2 atom stereocenters. The van der Waals surface area contributed by atoms with Crippen LogP contribution < -0.4 is 5.32 Å². The zero-order chi connectivity index (χ0) is 9.84. The van der Waals surface area contributed by atoms with Crippen molar-refractivity contribution in [2.45, 2.75) is 33.2 Å². The van der Waals surface area contributed by atoms with E-state index in [9.17, 15) is 0 Å². The van der Waals surface area contributed by atoms with Crippen molar-refractivity contribution in [1.82, 2.24) is 10.2 Å². The van der Waals surface area contributed by atoms with Crippen molar-refractivity contribution in [2.24, 2.45) is 11.8 Å². The summed E-state index contributed by atoms with van der Waals surface area (Å²) < 4.78 is 0. The van der Waals surface area contributed by atoms with Gasteiger partial charge in [0.2, 0.25) is 0 Å². The molecule has 0 aromatic carbocycles. The molecule has 1 fully saturated rings. The van der Waals surface area contributed by atoms with Gasteiger partial charge in [0, 0.05) is 12.6 Å². The van der Waals surface area contributed by atoms with Crippen LogP contribution >= 0.6 is 0 Å². The minimum Gasteiger partial charge on any atom is -0.319 e. The fourth-order valence-electron chi connectivity index (χ4n) is 2.11. The van der Waals surface area contributed by atoms with Crippen molar-refractivity contribution < 1.29 is 0 Å². The molecule has 0 radical (unpaired) electrons. The highest BCUT2D eigenvalue weighted by atomic mass is 15.2. The maximum absolute atomic E-state index is 3.27. The molecule has 1 aliphatic heterocycles. The van der Waals surface area contributed by atoms with Crippen LogP contribution in [0.2, 0.25) is 0 Å². The first-order valence-electron chi connectivity index (χ1n) is 5.53. The molecule has 0 saturated carbocycles. The van der Waals surface area contributed by atoms with Crippen LogP contribution in [-0.2, 0) is 0 Å². The summed E-state index contributed by atoms with van der Waals surface area (Å²) in [4.78, 5) is 2.63. The lowest BCUT2D eigenvalue weighted by molar-refractivity contribution is 0.201. The molecule has 1 saturated heterocycles. The highest BCUT2D eigenvalue weighted by Gasteiger charge is 2.26. The number of nitrogens with zero attached hydrogens (tertiary/aromatic N) is 1. The van der Waals surface area contributed by atoms with E-state index in [1.165, 1.54) is 26.1 Å². The van der Waals surface area contributed by atoms with Crippen molar-refractivity contribution in [1.29, 1.82) is 0 Å². The zero-order valence-corrected chi connectivity index (χ0v) is 9.51. The van der Waals surface area contributed by atoms with E-state index in [0.717, 1.165) is 17.9 Å². The summed E-state index contributed by atoms with van der Waals surface area (Å²) in [7, 11) is 2.05. The van der Waals surface area contributed by atoms with E-state index >= 15 is 0 Å². The van der Waals surface area contributed by atoms with Crippen LogP contribution in [0.3, 0.4) is 0 Å². The summed E-state index contributed by atoms with van der Waals surface area (Å²) in [5.74, 6) is 1.67.